The number of ether oxygens (including phenoxy) is 1. The third-order valence-electron chi connectivity index (χ3n) is 4.00. The molecule has 1 fully saturated rings. The number of aliphatic carboxylic acids is 1. The molecule has 0 aromatic rings. The lowest BCUT2D eigenvalue weighted by Gasteiger charge is -2.39. The van der Waals surface area contributed by atoms with Crippen LogP contribution in [0, 0.1) is 5.41 Å². The van der Waals surface area contributed by atoms with Crippen molar-refractivity contribution in [3.8, 4) is 0 Å². The molecule has 1 saturated heterocycles. The largest absolute Gasteiger partial charge is 0.481 e. The van der Waals surface area contributed by atoms with E-state index in [1.165, 1.54) is 0 Å². The molecule has 1 unspecified atom stereocenters. The van der Waals surface area contributed by atoms with E-state index in [0.29, 0.717) is 32.5 Å². The monoisotopic (exact) mass is 286 g/mol. The highest BCUT2D eigenvalue weighted by atomic mass is 16.5. The summed E-state index contributed by atoms with van der Waals surface area (Å²) < 4.78 is 4.91. The molecule has 6 nitrogen and oxygen atoms in total. The zero-order chi connectivity index (χ0) is 15.0. The number of carboxylic acids is 1. The number of methoxy groups -OCH3 is 1. The van der Waals surface area contributed by atoms with Gasteiger partial charge in [-0.05, 0) is 32.2 Å². The lowest BCUT2D eigenvalue weighted by atomic mass is 9.77. The summed E-state index contributed by atoms with van der Waals surface area (Å²) in [4.78, 5) is 25.2. The molecule has 116 valence electrons. The van der Waals surface area contributed by atoms with Crippen molar-refractivity contribution < 1.29 is 19.4 Å². The molecule has 0 aliphatic carbocycles. The minimum absolute atomic E-state index is 0.0432. The van der Waals surface area contributed by atoms with Crippen LogP contribution in [-0.4, -0.2) is 61.8 Å². The number of hydrogen-bond donors (Lipinski definition) is 2. The number of nitrogens with one attached hydrogen (secondary N) is 1. The first-order chi connectivity index (χ1) is 9.54. The van der Waals surface area contributed by atoms with Crippen molar-refractivity contribution in [3.05, 3.63) is 0 Å². The molecular formula is C14H26N2O4. The van der Waals surface area contributed by atoms with E-state index in [1.807, 2.05) is 11.8 Å². The number of rotatable bonds is 8. The quantitative estimate of drug-likeness (QED) is 0.643. The number of piperidine rings is 1. The number of carbonyl (C=O) groups excluding carboxylic acids is 1. The van der Waals surface area contributed by atoms with Gasteiger partial charge in [-0.2, -0.15) is 0 Å². The third kappa shape index (κ3) is 4.76. The molecule has 1 heterocycles. The third-order valence-corrected chi connectivity index (χ3v) is 4.00. The summed E-state index contributed by atoms with van der Waals surface area (Å²) in [5.74, 6) is -0.788. The van der Waals surface area contributed by atoms with E-state index in [2.05, 4.69) is 5.32 Å². The Kier molecular flexibility index (Phi) is 6.95. The summed E-state index contributed by atoms with van der Waals surface area (Å²) in [5.41, 5.74) is -0.686. The smallest absolute Gasteiger partial charge is 0.310 e. The second-order valence-corrected chi connectivity index (χ2v) is 5.45. The Hall–Kier alpha value is -1.14. The maximum Gasteiger partial charge on any atom is 0.310 e. The standard InChI is InChI=1S/C14H26N2O4/c1-3-14(13(18)19)6-4-8-16(11-14)10-12(17)15-7-5-9-20-2/h3-11H2,1-2H3,(H,15,17)(H,18,19). The Labute approximate surface area is 120 Å². The minimum atomic E-state index is -0.745. The fraction of sp³-hybridized carbons (Fsp3) is 0.857. The number of likely N-dealkylation sites (tertiary alicyclic amines) is 1. The Balaban J connectivity index is 2.40. The second-order valence-electron chi connectivity index (χ2n) is 5.45. The van der Waals surface area contributed by atoms with E-state index in [1.54, 1.807) is 7.11 Å². The predicted octanol–water partition coefficient (Wildman–Crippen LogP) is 0.716. The number of nitrogens with zero attached hydrogens (tertiary/aromatic N) is 1. The molecule has 1 atom stereocenters. The maximum absolute atomic E-state index is 11.8. The topological polar surface area (TPSA) is 78.9 Å². The van der Waals surface area contributed by atoms with Gasteiger partial charge in [0.2, 0.25) is 5.91 Å². The van der Waals surface area contributed by atoms with Crippen molar-refractivity contribution in [2.45, 2.75) is 32.6 Å². The first kappa shape index (κ1) is 16.9. The first-order valence-corrected chi connectivity index (χ1v) is 7.25. The molecule has 0 radical (unpaired) electrons. The normalized spacial score (nSPS) is 23.5. The number of carboxylic acid groups (broad SMARTS) is 1. The van der Waals surface area contributed by atoms with Crippen LogP contribution in [0.5, 0.6) is 0 Å². The summed E-state index contributed by atoms with van der Waals surface area (Å²) in [6, 6.07) is 0. The van der Waals surface area contributed by atoms with Gasteiger partial charge in [0.25, 0.3) is 0 Å². The summed E-state index contributed by atoms with van der Waals surface area (Å²) >= 11 is 0. The van der Waals surface area contributed by atoms with Gasteiger partial charge in [0.05, 0.1) is 12.0 Å². The average Bonchev–Trinajstić information content (AvgIpc) is 2.43. The predicted molar refractivity (Wildman–Crippen MR) is 75.5 cm³/mol. The molecule has 6 heteroatoms. The molecule has 1 aliphatic heterocycles. The van der Waals surface area contributed by atoms with Crippen LogP contribution in [0.4, 0.5) is 0 Å². The molecule has 20 heavy (non-hydrogen) atoms. The summed E-state index contributed by atoms with van der Waals surface area (Å²) in [7, 11) is 1.63. The van der Waals surface area contributed by atoms with Gasteiger partial charge in [-0.25, -0.2) is 0 Å². The molecule has 0 saturated carbocycles. The number of hydrogen-bond acceptors (Lipinski definition) is 4. The molecule has 1 rings (SSSR count). The second kappa shape index (κ2) is 8.21. The highest BCUT2D eigenvalue weighted by Gasteiger charge is 2.40. The van der Waals surface area contributed by atoms with Crippen LogP contribution in [0.3, 0.4) is 0 Å². The number of amides is 1. The van der Waals surface area contributed by atoms with E-state index in [-0.39, 0.29) is 12.5 Å². The Morgan fingerprint density at radius 3 is 2.80 bits per heavy atom. The molecule has 1 aliphatic rings. The Morgan fingerprint density at radius 2 is 2.20 bits per heavy atom. The van der Waals surface area contributed by atoms with E-state index in [9.17, 15) is 14.7 Å². The lowest BCUT2D eigenvalue weighted by molar-refractivity contribution is -0.153. The summed E-state index contributed by atoms with van der Waals surface area (Å²) in [6.07, 6.45) is 2.92. The first-order valence-electron chi connectivity index (χ1n) is 7.25. The lowest BCUT2D eigenvalue weighted by Crippen LogP contribution is -2.50. The van der Waals surface area contributed by atoms with Gasteiger partial charge in [0, 0.05) is 26.8 Å². The molecule has 0 aromatic carbocycles. The average molecular weight is 286 g/mol. The highest BCUT2D eigenvalue weighted by molar-refractivity contribution is 5.78. The van der Waals surface area contributed by atoms with Gasteiger partial charge < -0.3 is 15.2 Å². The van der Waals surface area contributed by atoms with Crippen LogP contribution in [0.2, 0.25) is 0 Å². The van der Waals surface area contributed by atoms with E-state index >= 15 is 0 Å². The number of carbonyl (C=O) groups is 2. The zero-order valence-corrected chi connectivity index (χ0v) is 12.5. The van der Waals surface area contributed by atoms with Crippen molar-refractivity contribution in [1.82, 2.24) is 10.2 Å². The fourth-order valence-corrected chi connectivity index (χ4v) is 2.68. The van der Waals surface area contributed by atoms with Crippen molar-refractivity contribution in [2.24, 2.45) is 5.41 Å². The van der Waals surface area contributed by atoms with Crippen molar-refractivity contribution in [1.29, 1.82) is 0 Å². The maximum atomic E-state index is 11.8. The van der Waals surface area contributed by atoms with Crippen LogP contribution < -0.4 is 5.32 Å². The van der Waals surface area contributed by atoms with E-state index < -0.39 is 11.4 Å². The molecule has 1 amide bonds. The van der Waals surface area contributed by atoms with Gasteiger partial charge in [-0.1, -0.05) is 6.92 Å². The molecule has 2 N–H and O–H groups in total. The van der Waals surface area contributed by atoms with Crippen LogP contribution in [-0.2, 0) is 14.3 Å². The molecule has 0 bridgehead atoms. The zero-order valence-electron chi connectivity index (χ0n) is 12.5. The Bertz CT molecular complexity index is 335. The van der Waals surface area contributed by atoms with E-state index in [4.69, 9.17) is 4.74 Å². The molecule has 0 spiro atoms. The molecular weight excluding hydrogens is 260 g/mol. The van der Waals surface area contributed by atoms with Gasteiger partial charge in [-0.3, -0.25) is 14.5 Å². The van der Waals surface area contributed by atoms with Crippen LogP contribution in [0.15, 0.2) is 0 Å². The van der Waals surface area contributed by atoms with Gasteiger partial charge in [-0.15, -0.1) is 0 Å². The highest BCUT2D eigenvalue weighted by Crippen LogP contribution is 2.33. The molecule has 0 aromatic heterocycles. The van der Waals surface area contributed by atoms with Gasteiger partial charge in [0.1, 0.15) is 0 Å². The van der Waals surface area contributed by atoms with Crippen LogP contribution in [0.1, 0.15) is 32.6 Å². The van der Waals surface area contributed by atoms with E-state index in [0.717, 1.165) is 19.4 Å². The van der Waals surface area contributed by atoms with Gasteiger partial charge in [0.15, 0.2) is 0 Å². The summed E-state index contributed by atoms with van der Waals surface area (Å²) in [5, 5.41) is 12.2. The minimum Gasteiger partial charge on any atom is -0.481 e. The van der Waals surface area contributed by atoms with Crippen molar-refractivity contribution >= 4 is 11.9 Å². The Morgan fingerprint density at radius 1 is 1.45 bits per heavy atom. The van der Waals surface area contributed by atoms with Crippen LogP contribution >= 0.6 is 0 Å². The van der Waals surface area contributed by atoms with Crippen molar-refractivity contribution in [3.63, 3.8) is 0 Å². The van der Waals surface area contributed by atoms with Gasteiger partial charge >= 0.3 is 5.97 Å². The van der Waals surface area contributed by atoms with Crippen LogP contribution in [0.25, 0.3) is 0 Å². The van der Waals surface area contributed by atoms with Crippen molar-refractivity contribution in [2.75, 3.05) is 39.9 Å². The SMILES string of the molecule is CCC1(C(=O)O)CCCN(CC(=O)NCCCOC)C1. The fourth-order valence-electron chi connectivity index (χ4n) is 2.68. The summed E-state index contributed by atoms with van der Waals surface area (Å²) in [6.45, 7) is 4.66.